The fourth-order valence-corrected chi connectivity index (χ4v) is 5.41. The quantitative estimate of drug-likeness (QED) is 0.357. The van der Waals surface area contributed by atoms with Gasteiger partial charge < -0.3 is 0 Å². The van der Waals surface area contributed by atoms with E-state index in [4.69, 9.17) is 4.98 Å². The lowest BCUT2D eigenvalue weighted by atomic mass is 10.0. The zero-order valence-electron chi connectivity index (χ0n) is 16.6. The lowest BCUT2D eigenvalue weighted by Gasteiger charge is -2.05. The summed E-state index contributed by atoms with van der Waals surface area (Å²) in [6, 6.07) is 18.4. The van der Waals surface area contributed by atoms with E-state index in [0.29, 0.717) is 11.9 Å². The summed E-state index contributed by atoms with van der Waals surface area (Å²) < 4.78 is 1.66. The number of hydrogen-bond donors (Lipinski definition) is 0. The Labute approximate surface area is 182 Å². The van der Waals surface area contributed by atoms with Gasteiger partial charge in [0, 0.05) is 21.4 Å². The Hall–Kier alpha value is -3.09. The Kier molecular flexibility index (Phi) is 4.81. The molecule has 0 unspecified atom stereocenters. The van der Waals surface area contributed by atoms with E-state index < -0.39 is 0 Å². The van der Waals surface area contributed by atoms with E-state index in [0.717, 1.165) is 37.1 Å². The number of thiophene rings is 1. The third kappa shape index (κ3) is 3.38. The van der Waals surface area contributed by atoms with Crippen LogP contribution in [0.25, 0.3) is 31.9 Å². The molecule has 148 valence electrons. The standard InChI is InChI=1S/C24H19N3OS2/c1-15-8-10-18(11-9-15)22-26-19(13-29-22)12-27-14-25-23-21(24(27)28)20(16(2)30-23)17-6-4-3-5-7-17/h3-11,13-14H,12H2,1-2H3. The SMILES string of the molecule is Cc1ccc(-c2nc(Cn3cnc4sc(C)c(-c5ccccc5)c4c3=O)cs2)cc1. The summed E-state index contributed by atoms with van der Waals surface area (Å²) in [7, 11) is 0. The molecule has 0 aliphatic rings. The van der Waals surface area contributed by atoms with Gasteiger partial charge in [-0.05, 0) is 19.4 Å². The van der Waals surface area contributed by atoms with Gasteiger partial charge in [0.15, 0.2) is 0 Å². The molecule has 0 aliphatic carbocycles. The number of hydrogen-bond acceptors (Lipinski definition) is 5. The van der Waals surface area contributed by atoms with Crippen molar-refractivity contribution in [2.24, 2.45) is 0 Å². The van der Waals surface area contributed by atoms with Gasteiger partial charge in [-0.15, -0.1) is 22.7 Å². The first-order chi connectivity index (χ1) is 14.6. The minimum Gasteiger partial charge on any atom is -0.293 e. The fourth-order valence-electron chi connectivity index (χ4n) is 3.59. The highest BCUT2D eigenvalue weighted by Gasteiger charge is 2.17. The molecule has 4 nitrogen and oxygen atoms in total. The first kappa shape index (κ1) is 18.9. The topological polar surface area (TPSA) is 47.8 Å². The molecule has 0 saturated heterocycles. The lowest BCUT2D eigenvalue weighted by molar-refractivity contribution is 0.735. The molecule has 5 aromatic rings. The van der Waals surface area contributed by atoms with Crippen LogP contribution < -0.4 is 5.56 Å². The Bertz CT molecular complexity index is 1400. The first-order valence-electron chi connectivity index (χ1n) is 9.65. The molecule has 5 rings (SSSR count). The van der Waals surface area contributed by atoms with Crippen LogP contribution in [0.5, 0.6) is 0 Å². The summed E-state index contributed by atoms with van der Waals surface area (Å²) in [6.07, 6.45) is 1.64. The summed E-state index contributed by atoms with van der Waals surface area (Å²) in [4.78, 5) is 24.6. The molecule has 0 amide bonds. The molecule has 3 aromatic heterocycles. The van der Waals surface area contributed by atoms with Crippen LogP contribution in [0.1, 0.15) is 16.1 Å². The molecule has 0 saturated carbocycles. The highest BCUT2D eigenvalue weighted by Crippen LogP contribution is 2.35. The van der Waals surface area contributed by atoms with Crippen molar-refractivity contribution in [3.05, 3.63) is 92.8 Å². The van der Waals surface area contributed by atoms with Crippen molar-refractivity contribution in [2.45, 2.75) is 20.4 Å². The van der Waals surface area contributed by atoms with E-state index in [1.54, 1.807) is 33.6 Å². The van der Waals surface area contributed by atoms with Crippen molar-refractivity contribution >= 4 is 32.9 Å². The van der Waals surface area contributed by atoms with Gasteiger partial charge in [-0.1, -0.05) is 60.2 Å². The number of nitrogens with zero attached hydrogens (tertiary/aromatic N) is 3. The van der Waals surface area contributed by atoms with Crippen molar-refractivity contribution in [1.29, 1.82) is 0 Å². The Morgan fingerprint density at radius 2 is 1.73 bits per heavy atom. The van der Waals surface area contributed by atoms with E-state index in [1.807, 2.05) is 42.6 Å². The van der Waals surface area contributed by atoms with Crippen LogP contribution >= 0.6 is 22.7 Å². The van der Waals surface area contributed by atoms with E-state index in [-0.39, 0.29) is 5.56 Å². The average Bonchev–Trinajstić information content (AvgIpc) is 3.35. The molecule has 0 atom stereocenters. The molecule has 6 heteroatoms. The third-order valence-corrected chi connectivity index (χ3v) is 7.05. The molecule has 30 heavy (non-hydrogen) atoms. The molecule has 2 aromatic carbocycles. The van der Waals surface area contributed by atoms with Crippen LogP contribution in [-0.4, -0.2) is 14.5 Å². The maximum Gasteiger partial charge on any atom is 0.263 e. The summed E-state index contributed by atoms with van der Waals surface area (Å²) in [5.41, 5.74) is 5.20. The van der Waals surface area contributed by atoms with Crippen LogP contribution in [0.2, 0.25) is 0 Å². The van der Waals surface area contributed by atoms with Crippen molar-refractivity contribution in [2.75, 3.05) is 0 Å². The minimum atomic E-state index is -0.0203. The number of aryl methyl sites for hydroxylation is 2. The van der Waals surface area contributed by atoms with Gasteiger partial charge in [0.05, 0.1) is 24.0 Å². The number of fused-ring (bicyclic) bond motifs is 1. The Morgan fingerprint density at radius 3 is 2.50 bits per heavy atom. The molecule has 3 heterocycles. The zero-order chi connectivity index (χ0) is 20.7. The molecular weight excluding hydrogens is 410 g/mol. The van der Waals surface area contributed by atoms with Gasteiger partial charge in [-0.25, -0.2) is 9.97 Å². The van der Waals surface area contributed by atoms with E-state index >= 15 is 0 Å². The van der Waals surface area contributed by atoms with Crippen molar-refractivity contribution in [3.8, 4) is 21.7 Å². The highest BCUT2D eigenvalue weighted by atomic mass is 32.1. The van der Waals surface area contributed by atoms with Crippen molar-refractivity contribution < 1.29 is 0 Å². The number of benzene rings is 2. The maximum absolute atomic E-state index is 13.4. The largest absolute Gasteiger partial charge is 0.293 e. The summed E-state index contributed by atoms with van der Waals surface area (Å²) in [5.74, 6) is 0. The minimum absolute atomic E-state index is 0.0203. The smallest absolute Gasteiger partial charge is 0.263 e. The number of thiazole rings is 1. The first-order valence-corrected chi connectivity index (χ1v) is 11.3. The van der Waals surface area contributed by atoms with Crippen LogP contribution in [0, 0.1) is 13.8 Å². The van der Waals surface area contributed by atoms with E-state index in [1.165, 1.54) is 5.56 Å². The van der Waals surface area contributed by atoms with Gasteiger partial charge in [0.2, 0.25) is 0 Å². The summed E-state index contributed by atoms with van der Waals surface area (Å²) in [5, 5.41) is 3.67. The van der Waals surface area contributed by atoms with Crippen molar-refractivity contribution in [1.82, 2.24) is 14.5 Å². The normalized spacial score (nSPS) is 11.3. The second kappa shape index (κ2) is 7.63. The Morgan fingerprint density at radius 1 is 0.967 bits per heavy atom. The summed E-state index contributed by atoms with van der Waals surface area (Å²) >= 11 is 3.16. The van der Waals surface area contributed by atoms with Crippen LogP contribution in [0.3, 0.4) is 0 Å². The van der Waals surface area contributed by atoms with E-state index in [2.05, 4.69) is 36.2 Å². The molecular formula is C24H19N3OS2. The zero-order valence-corrected chi connectivity index (χ0v) is 18.3. The molecule has 0 spiro atoms. The average molecular weight is 430 g/mol. The van der Waals surface area contributed by atoms with Crippen LogP contribution in [0.15, 0.2) is 71.1 Å². The predicted molar refractivity (Wildman–Crippen MR) is 125 cm³/mol. The molecule has 0 radical (unpaired) electrons. The van der Waals surface area contributed by atoms with Crippen molar-refractivity contribution in [3.63, 3.8) is 0 Å². The van der Waals surface area contributed by atoms with Gasteiger partial charge in [0.25, 0.3) is 5.56 Å². The molecule has 0 bridgehead atoms. The van der Waals surface area contributed by atoms with E-state index in [9.17, 15) is 4.79 Å². The molecule has 0 N–H and O–H groups in total. The monoisotopic (exact) mass is 429 g/mol. The third-order valence-electron chi connectivity index (χ3n) is 5.10. The molecule has 0 fully saturated rings. The van der Waals surface area contributed by atoms with Crippen LogP contribution in [-0.2, 0) is 6.54 Å². The lowest BCUT2D eigenvalue weighted by Crippen LogP contribution is -2.21. The van der Waals surface area contributed by atoms with Gasteiger partial charge in [-0.2, -0.15) is 0 Å². The Balaban J connectivity index is 1.54. The fraction of sp³-hybridized carbons (Fsp3) is 0.125. The second-order valence-corrected chi connectivity index (χ2v) is 9.33. The van der Waals surface area contributed by atoms with Gasteiger partial charge >= 0.3 is 0 Å². The number of rotatable bonds is 4. The predicted octanol–water partition coefficient (Wildman–Crippen LogP) is 5.91. The molecule has 0 aliphatic heterocycles. The maximum atomic E-state index is 13.4. The number of aromatic nitrogens is 3. The van der Waals surface area contributed by atoms with Gasteiger partial charge in [0.1, 0.15) is 9.84 Å². The highest BCUT2D eigenvalue weighted by molar-refractivity contribution is 7.19. The van der Waals surface area contributed by atoms with Gasteiger partial charge in [-0.3, -0.25) is 9.36 Å². The van der Waals surface area contributed by atoms with Crippen LogP contribution in [0.4, 0.5) is 0 Å². The second-order valence-electron chi connectivity index (χ2n) is 7.27. The summed E-state index contributed by atoms with van der Waals surface area (Å²) in [6.45, 7) is 4.53.